The SMILES string of the molecule is Cc1cc(/C=C(\C#N)C(=O)OCC(=O)NC2CC2)c(C)n1-c1cccc(Cl)c1. The number of amides is 1. The molecule has 1 aliphatic rings. The summed E-state index contributed by atoms with van der Waals surface area (Å²) in [7, 11) is 0. The highest BCUT2D eigenvalue weighted by Crippen LogP contribution is 2.24. The van der Waals surface area contributed by atoms with Gasteiger partial charge in [-0.1, -0.05) is 17.7 Å². The first-order chi connectivity index (χ1) is 13.4. The Bertz CT molecular complexity index is 997. The number of esters is 1. The van der Waals surface area contributed by atoms with Crippen molar-refractivity contribution in [1.82, 2.24) is 9.88 Å². The molecule has 1 N–H and O–H groups in total. The summed E-state index contributed by atoms with van der Waals surface area (Å²) < 4.78 is 6.96. The zero-order valence-corrected chi connectivity index (χ0v) is 16.4. The van der Waals surface area contributed by atoms with E-state index in [0.717, 1.165) is 29.9 Å². The van der Waals surface area contributed by atoms with Gasteiger partial charge in [0, 0.05) is 28.1 Å². The number of nitriles is 1. The van der Waals surface area contributed by atoms with Crippen LogP contribution in [0.1, 0.15) is 29.8 Å². The van der Waals surface area contributed by atoms with Gasteiger partial charge in [0.15, 0.2) is 6.61 Å². The van der Waals surface area contributed by atoms with Crippen molar-refractivity contribution in [3.05, 3.63) is 57.9 Å². The number of carbonyl (C=O) groups is 2. The molecule has 1 aliphatic carbocycles. The Morgan fingerprint density at radius 2 is 2.11 bits per heavy atom. The van der Waals surface area contributed by atoms with E-state index in [1.165, 1.54) is 6.08 Å². The molecule has 7 heteroatoms. The van der Waals surface area contributed by atoms with E-state index in [2.05, 4.69) is 5.32 Å². The molecule has 1 aromatic heterocycles. The molecule has 0 unspecified atom stereocenters. The number of nitrogens with one attached hydrogen (secondary N) is 1. The second-order valence-corrected chi connectivity index (χ2v) is 7.17. The fourth-order valence-electron chi connectivity index (χ4n) is 2.94. The van der Waals surface area contributed by atoms with E-state index < -0.39 is 12.6 Å². The van der Waals surface area contributed by atoms with E-state index in [-0.39, 0.29) is 17.5 Å². The maximum Gasteiger partial charge on any atom is 0.349 e. The Morgan fingerprint density at radius 3 is 2.75 bits per heavy atom. The molecule has 6 nitrogen and oxygen atoms in total. The van der Waals surface area contributed by atoms with E-state index in [1.807, 2.05) is 48.7 Å². The van der Waals surface area contributed by atoms with Gasteiger partial charge in [0.2, 0.25) is 0 Å². The molecule has 1 amide bonds. The first-order valence-electron chi connectivity index (χ1n) is 8.92. The normalized spacial score (nSPS) is 13.7. The first-order valence-corrected chi connectivity index (χ1v) is 9.30. The van der Waals surface area contributed by atoms with Gasteiger partial charge in [0.05, 0.1) is 0 Å². The predicted octanol–water partition coefficient (Wildman–Crippen LogP) is 3.48. The highest BCUT2D eigenvalue weighted by molar-refractivity contribution is 6.30. The van der Waals surface area contributed by atoms with Crippen LogP contribution >= 0.6 is 11.6 Å². The van der Waals surface area contributed by atoms with E-state index >= 15 is 0 Å². The summed E-state index contributed by atoms with van der Waals surface area (Å²) in [5.74, 6) is -1.17. The first kappa shape index (κ1) is 19.7. The fourth-order valence-corrected chi connectivity index (χ4v) is 3.13. The van der Waals surface area contributed by atoms with Gasteiger partial charge in [-0.3, -0.25) is 4.79 Å². The number of halogens is 1. The molecule has 1 saturated carbocycles. The van der Waals surface area contributed by atoms with Gasteiger partial charge >= 0.3 is 5.97 Å². The minimum Gasteiger partial charge on any atom is -0.451 e. The lowest BCUT2D eigenvalue weighted by Gasteiger charge is -2.10. The lowest BCUT2D eigenvalue weighted by molar-refractivity contribution is -0.144. The summed E-state index contributed by atoms with van der Waals surface area (Å²) in [6, 6.07) is 11.3. The van der Waals surface area contributed by atoms with Crippen LogP contribution in [0.2, 0.25) is 5.02 Å². The average molecular weight is 398 g/mol. The predicted molar refractivity (Wildman–Crippen MR) is 106 cm³/mol. The van der Waals surface area contributed by atoms with Gasteiger partial charge in [-0.15, -0.1) is 0 Å². The van der Waals surface area contributed by atoms with Crippen molar-refractivity contribution in [3.8, 4) is 11.8 Å². The molecule has 28 heavy (non-hydrogen) atoms. The number of nitrogens with zero attached hydrogens (tertiary/aromatic N) is 2. The largest absolute Gasteiger partial charge is 0.451 e. The van der Waals surface area contributed by atoms with Crippen LogP contribution in [0.3, 0.4) is 0 Å². The third-order valence-electron chi connectivity index (χ3n) is 4.45. The zero-order chi connectivity index (χ0) is 20.3. The number of rotatable bonds is 6. The molecule has 1 fully saturated rings. The van der Waals surface area contributed by atoms with Gasteiger partial charge in [0.1, 0.15) is 11.6 Å². The summed E-state index contributed by atoms with van der Waals surface area (Å²) in [4.78, 5) is 23.8. The standard InChI is InChI=1S/C21H20ClN3O3/c1-13-8-15(14(2)25(13)19-5-3-4-17(22)10-19)9-16(11-23)21(27)28-12-20(26)24-18-6-7-18/h3-5,8-10,18H,6-7,12H2,1-2H3,(H,24,26)/b16-9+. The van der Waals surface area contributed by atoms with Crippen molar-refractivity contribution >= 4 is 29.6 Å². The van der Waals surface area contributed by atoms with Gasteiger partial charge in [-0.25, -0.2) is 4.79 Å². The molecule has 144 valence electrons. The number of aryl methyl sites for hydroxylation is 1. The second kappa shape index (κ2) is 8.32. The van der Waals surface area contributed by atoms with Crippen LogP contribution in [0.15, 0.2) is 35.9 Å². The third kappa shape index (κ3) is 4.62. The van der Waals surface area contributed by atoms with Gasteiger partial charge in [-0.2, -0.15) is 5.26 Å². The number of aromatic nitrogens is 1. The lowest BCUT2D eigenvalue weighted by Crippen LogP contribution is -2.30. The van der Waals surface area contributed by atoms with Gasteiger partial charge in [-0.05, 0) is 62.6 Å². The molecule has 0 radical (unpaired) electrons. The number of hydrogen-bond donors (Lipinski definition) is 1. The zero-order valence-electron chi connectivity index (χ0n) is 15.7. The van der Waals surface area contributed by atoms with Crippen molar-refractivity contribution < 1.29 is 14.3 Å². The molecule has 0 aliphatic heterocycles. The molecule has 0 bridgehead atoms. The third-order valence-corrected chi connectivity index (χ3v) is 4.69. The fraction of sp³-hybridized carbons (Fsp3) is 0.286. The number of carbonyl (C=O) groups excluding carboxylic acids is 2. The Hall–Kier alpha value is -3.04. The minimum absolute atomic E-state index is 0.162. The molecule has 0 saturated heterocycles. The Morgan fingerprint density at radius 1 is 1.36 bits per heavy atom. The highest BCUT2D eigenvalue weighted by atomic mass is 35.5. The van der Waals surface area contributed by atoms with Crippen molar-refractivity contribution in [1.29, 1.82) is 5.26 Å². The van der Waals surface area contributed by atoms with Crippen molar-refractivity contribution in [2.75, 3.05) is 6.61 Å². The monoisotopic (exact) mass is 397 g/mol. The maximum atomic E-state index is 12.2. The average Bonchev–Trinajstić information content (AvgIpc) is 3.42. The summed E-state index contributed by atoms with van der Waals surface area (Å²) in [5, 5.41) is 12.7. The molecule has 2 aromatic rings. The van der Waals surface area contributed by atoms with E-state index in [0.29, 0.717) is 10.6 Å². The molecule has 3 rings (SSSR count). The number of ether oxygens (including phenoxy) is 1. The summed E-state index contributed by atoms with van der Waals surface area (Å²) in [5.41, 5.74) is 3.23. The Balaban J connectivity index is 1.78. The molecular formula is C21H20ClN3O3. The summed E-state index contributed by atoms with van der Waals surface area (Å²) in [6.07, 6.45) is 3.38. The molecule has 0 atom stereocenters. The van der Waals surface area contributed by atoms with Crippen molar-refractivity contribution in [2.45, 2.75) is 32.7 Å². The number of benzene rings is 1. The van der Waals surface area contributed by atoms with Crippen LogP contribution in [0.25, 0.3) is 11.8 Å². The quantitative estimate of drug-likeness (QED) is 0.459. The Kier molecular flexibility index (Phi) is 5.86. The van der Waals surface area contributed by atoms with Crippen LogP contribution in [0.5, 0.6) is 0 Å². The molecule has 1 aromatic carbocycles. The van der Waals surface area contributed by atoms with E-state index in [1.54, 1.807) is 6.07 Å². The highest BCUT2D eigenvalue weighted by Gasteiger charge is 2.24. The second-order valence-electron chi connectivity index (χ2n) is 6.73. The van der Waals surface area contributed by atoms with Crippen LogP contribution in [-0.4, -0.2) is 29.1 Å². The van der Waals surface area contributed by atoms with Gasteiger partial charge in [0.25, 0.3) is 5.91 Å². The smallest absolute Gasteiger partial charge is 0.349 e. The van der Waals surface area contributed by atoms with Crippen molar-refractivity contribution in [2.24, 2.45) is 0 Å². The van der Waals surface area contributed by atoms with Crippen molar-refractivity contribution in [3.63, 3.8) is 0 Å². The summed E-state index contributed by atoms with van der Waals surface area (Å²) >= 11 is 6.09. The Labute approximate surface area is 168 Å². The van der Waals surface area contributed by atoms with E-state index in [9.17, 15) is 14.9 Å². The lowest BCUT2D eigenvalue weighted by atomic mass is 10.1. The van der Waals surface area contributed by atoms with Crippen LogP contribution in [-0.2, 0) is 14.3 Å². The molecule has 0 spiro atoms. The van der Waals surface area contributed by atoms with Crippen LogP contribution in [0, 0.1) is 25.2 Å². The minimum atomic E-state index is -0.819. The molecular weight excluding hydrogens is 378 g/mol. The van der Waals surface area contributed by atoms with Crippen LogP contribution in [0.4, 0.5) is 0 Å². The van der Waals surface area contributed by atoms with Gasteiger partial charge < -0.3 is 14.6 Å². The van der Waals surface area contributed by atoms with Crippen LogP contribution < -0.4 is 5.32 Å². The topological polar surface area (TPSA) is 84.1 Å². The number of hydrogen-bond acceptors (Lipinski definition) is 4. The maximum absolute atomic E-state index is 12.2. The summed E-state index contributed by atoms with van der Waals surface area (Å²) in [6.45, 7) is 3.43. The molecule has 1 heterocycles. The van der Waals surface area contributed by atoms with E-state index in [4.69, 9.17) is 16.3 Å².